The van der Waals surface area contributed by atoms with E-state index in [1.807, 2.05) is 6.07 Å². The molecule has 0 fully saturated rings. The fourth-order valence-corrected chi connectivity index (χ4v) is 2.45. The third-order valence-corrected chi connectivity index (χ3v) is 3.93. The summed E-state index contributed by atoms with van der Waals surface area (Å²) >= 11 is 12.2. The molecule has 2 rings (SSSR count). The molecule has 0 spiro atoms. The lowest BCUT2D eigenvalue weighted by molar-refractivity contribution is -0.111. The van der Waals surface area contributed by atoms with Crippen LogP contribution in [0.25, 0.3) is 6.08 Å². The highest BCUT2D eigenvalue weighted by molar-refractivity contribution is 6.34. The number of hydrogen-bond acceptors (Lipinski definition) is 4. The van der Waals surface area contributed by atoms with E-state index in [9.17, 15) is 9.59 Å². The summed E-state index contributed by atoms with van der Waals surface area (Å²) in [5.74, 6) is -0.758. The highest BCUT2D eigenvalue weighted by Crippen LogP contribution is 2.31. The van der Waals surface area contributed by atoms with Crippen molar-refractivity contribution in [1.29, 1.82) is 0 Å². The molecule has 0 unspecified atom stereocenters. The third kappa shape index (κ3) is 4.75. The zero-order valence-electron chi connectivity index (χ0n) is 13.5. The van der Waals surface area contributed by atoms with Gasteiger partial charge in [0.1, 0.15) is 11.3 Å². The Kier molecular flexibility index (Phi) is 6.44. The van der Waals surface area contributed by atoms with Gasteiger partial charge < -0.3 is 14.8 Å². The van der Waals surface area contributed by atoms with E-state index >= 15 is 0 Å². The first-order valence-corrected chi connectivity index (χ1v) is 7.91. The van der Waals surface area contributed by atoms with Crippen LogP contribution in [-0.2, 0) is 9.53 Å². The van der Waals surface area contributed by atoms with Crippen LogP contribution in [0.15, 0.2) is 42.5 Å². The predicted octanol–water partition coefficient (Wildman–Crippen LogP) is 4.44. The van der Waals surface area contributed by atoms with Gasteiger partial charge in [-0.25, -0.2) is 4.79 Å². The maximum atomic E-state index is 12.1. The van der Waals surface area contributed by atoms with Crippen molar-refractivity contribution in [3.63, 3.8) is 0 Å². The number of benzene rings is 2. The van der Waals surface area contributed by atoms with E-state index in [-0.39, 0.29) is 16.3 Å². The van der Waals surface area contributed by atoms with Crippen molar-refractivity contribution in [3.8, 4) is 5.75 Å². The van der Waals surface area contributed by atoms with Gasteiger partial charge >= 0.3 is 5.97 Å². The van der Waals surface area contributed by atoms with Crippen LogP contribution in [0, 0.1) is 0 Å². The predicted molar refractivity (Wildman–Crippen MR) is 98.5 cm³/mol. The molecule has 0 aliphatic rings. The summed E-state index contributed by atoms with van der Waals surface area (Å²) in [5.41, 5.74) is 1.18. The molecule has 2 aromatic rings. The Labute approximate surface area is 155 Å². The minimum atomic E-state index is -0.588. The number of rotatable bonds is 5. The van der Waals surface area contributed by atoms with Gasteiger partial charge in [-0.05, 0) is 23.8 Å². The highest BCUT2D eigenvalue weighted by atomic mass is 35.5. The van der Waals surface area contributed by atoms with Crippen LogP contribution in [0.1, 0.15) is 15.9 Å². The molecule has 7 heteroatoms. The van der Waals surface area contributed by atoms with Crippen molar-refractivity contribution in [3.05, 3.63) is 63.6 Å². The Balaban J connectivity index is 2.21. The first kappa shape index (κ1) is 18.8. The monoisotopic (exact) mass is 379 g/mol. The molecule has 0 heterocycles. The van der Waals surface area contributed by atoms with E-state index in [1.165, 1.54) is 32.4 Å². The molecule has 2 aromatic carbocycles. The van der Waals surface area contributed by atoms with E-state index < -0.39 is 11.9 Å². The van der Waals surface area contributed by atoms with E-state index in [2.05, 4.69) is 10.1 Å². The molecule has 1 amide bonds. The summed E-state index contributed by atoms with van der Waals surface area (Å²) in [4.78, 5) is 23.8. The van der Waals surface area contributed by atoms with Crippen LogP contribution >= 0.6 is 23.2 Å². The molecular weight excluding hydrogens is 365 g/mol. The number of anilines is 1. The van der Waals surface area contributed by atoms with Crippen LogP contribution in [0.3, 0.4) is 0 Å². The first-order chi connectivity index (χ1) is 12.0. The molecule has 0 aromatic heterocycles. The van der Waals surface area contributed by atoms with Crippen LogP contribution in [0.5, 0.6) is 5.75 Å². The number of amides is 1. The minimum Gasteiger partial charge on any atom is -0.496 e. The molecule has 25 heavy (non-hydrogen) atoms. The second-order valence-electron chi connectivity index (χ2n) is 4.87. The lowest BCUT2D eigenvalue weighted by atomic mass is 10.1. The first-order valence-electron chi connectivity index (χ1n) is 7.15. The average Bonchev–Trinajstić information content (AvgIpc) is 2.61. The fraction of sp³-hybridized carbons (Fsp3) is 0.111. The van der Waals surface area contributed by atoms with E-state index in [0.717, 1.165) is 0 Å². The topological polar surface area (TPSA) is 64.6 Å². The zero-order chi connectivity index (χ0) is 18.4. The standard InChI is InChI=1S/C18H15Cl2NO4/c1-24-16-10-15(14(20)9-12(16)18(23)25-2)21-17(22)8-7-11-5-3-4-6-13(11)19/h3-10H,1-2H3,(H,21,22). The number of carbonyl (C=O) groups is 2. The van der Waals surface area contributed by atoms with Gasteiger partial charge in [0.25, 0.3) is 0 Å². The highest BCUT2D eigenvalue weighted by Gasteiger charge is 2.17. The van der Waals surface area contributed by atoms with Gasteiger partial charge in [-0.3, -0.25) is 4.79 Å². The Morgan fingerprint density at radius 3 is 2.44 bits per heavy atom. The van der Waals surface area contributed by atoms with Gasteiger partial charge in [0.05, 0.1) is 24.9 Å². The summed E-state index contributed by atoms with van der Waals surface area (Å²) < 4.78 is 9.81. The molecule has 0 saturated carbocycles. The van der Waals surface area contributed by atoms with Crippen molar-refractivity contribution in [1.82, 2.24) is 0 Å². The second kappa shape index (κ2) is 8.55. The molecule has 5 nitrogen and oxygen atoms in total. The maximum absolute atomic E-state index is 12.1. The number of carbonyl (C=O) groups excluding carboxylic acids is 2. The normalized spacial score (nSPS) is 10.6. The Hall–Kier alpha value is -2.50. The lowest BCUT2D eigenvalue weighted by Crippen LogP contribution is -2.10. The molecule has 0 radical (unpaired) electrons. The number of esters is 1. The van der Waals surface area contributed by atoms with Crippen molar-refractivity contribution >= 4 is 46.8 Å². The number of methoxy groups -OCH3 is 2. The van der Waals surface area contributed by atoms with Crippen LogP contribution in [-0.4, -0.2) is 26.1 Å². The second-order valence-corrected chi connectivity index (χ2v) is 5.68. The van der Waals surface area contributed by atoms with Crippen LogP contribution in [0.2, 0.25) is 10.0 Å². The minimum absolute atomic E-state index is 0.166. The van der Waals surface area contributed by atoms with E-state index in [4.69, 9.17) is 27.9 Å². The summed E-state index contributed by atoms with van der Waals surface area (Å²) in [6.45, 7) is 0. The van der Waals surface area contributed by atoms with Gasteiger partial charge in [-0.1, -0.05) is 41.4 Å². The van der Waals surface area contributed by atoms with Gasteiger partial charge in [-0.2, -0.15) is 0 Å². The molecule has 0 aliphatic heterocycles. The van der Waals surface area contributed by atoms with Gasteiger partial charge in [0.2, 0.25) is 5.91 Å². The van der Waals surface area contributed by atoms with Gasteiger partial charge in [0.15, 0.2) is 0 Å². The molecule has 0 saturated heterocycles. The summed E-state index contributed by atoms with van der Waals surface area (Å²) in [5, 5.41) is 3.34. The quantitative estimate of drug-likeness (QED) is 0.615. The van der Waals surface area contributed by atoms with Crippen molar-refractivity contribution < 1.29 is 19.1 Å². The molecule has 0 atom stereocenters. The molecule has 130 valence electrons. The van der Waals surface area contributed by atoms with Crippen LogP contribution in [0.4, 0.5) is 5.69 Å². The van der Waals surface area contributed by atoms with E-state index in [0.29, 0.717) is 16.3 Å². The summed E-state index contributed by atoms with van der Waals surface area (Å²) in [6, 6.07) is 9.96. The fourth-order valence-electron chi connectivity index (χ4n) is 2.04. The number of nitrogens with one attached hydrogen (secondary N) is 1. The van der Waals surface area contributed by atoms with Crippen LogP contribution < -0.4 is 10.1 Å². The van der Waals surface area contributed by atoms with Gasteiger partial charge in [-0.15, -0.1) is 0 Å². The van der Waals surface area contributed by atoms with Gasteiger partial charge in [0, 0.05) is 17.2 Å². The largest absolute Gasteiger partial charge is 0.496 e. The zero-order valence-corrected chi connectivity index (χ0v) is 15.0. The molecule has 0 bridgehead atoms. The van der Waals surface area contributed by atoms with Crippen molar-refractivity contribution in [2.75, 3.05) is 19.5 Å². The SMILES string of the molecule is COC(=O)c1cc(Cl)c(NC(=O)C=Cc2ccccc2Cl)cc1OC. The average molecular weight is 380 g/mol. The molecular formula is C18H15Cl2NO4. The Morgan fingerprint density at radius 2 is 1.80 bits per heavy atom. The summed E-state index contributed by atoms with van der Waals surface area (Å²) in [7, 11) is 2.66. The number of hydrogen-bond donors (Lipinski definition) is 1. The smallest absolute Gasteiger partial charge is 0.341 e. The maximum Gasteiger partial charge on any atom is 0.341 e. The lowest BCUT2D eigenvalue weighted by Gasteiger charge is -2.11. The molecule has 0 aliphatic carbocycles. The van der Waals surface area contributed by atoms with E-state index in [1.54, 1.807) is 24.3 Å². The number of halogens is 2. The van der Waals surface area contributed by atoms with Crippen molar-refractivity contribution in [2.45, 2.75) is 0 Å². The Bertz CT molecular complexity index is 834. The van der Waals surface area contributed by atoms with Crippen molar-refractivity contribution in [2.24, 2.45) is 0 Å². The summed E-state index contributed by atoms with van der Waals surface area (Å²) in [6.07, 6.45) is 2.92. The Morgan fingerprint density at radius 1 is 1.08 bits per heavy atom. The third-order valence-electron chi connectivity index (χ3n) is 3.27. The number of ether oxygens (including phenoxy) is 2. The molecule has 1 N–H and O–H groups in total.